The quantitative estimate of drug-likeness (QED) is 0.475. The average Bonchev–Trinajstić information content (AvgIpc) is 3.02. The van der Waals surface area contributed by atoms with Crippen LogP contribution in [0.25, 0.3) is 0 Å². The highest BCUT2D eigenvalue weighted by molar-refractivity contribution is 6.05. The fourth-order valence-electron chi connectivity index (χ4n) is 4.49. The molecule has 9 heteroatoms. The van der Waals surface area contributed by atoms with E-state index in [1.54, 1.807) is 6.07 Å². The monoisotopic (exact) mass is 420 g/mol. The highest BCUT2D eigenvalue weighted by Gasteiger charge is 2.41. The number of nitrogens with one attached hydrogen (secondary N) is 3. The summed E-state index contributed by atoms with van der Waals surface area (Å²) < 4.78 is 27.7. The number of hydrogen-bond acceptors (Lipinski definition) is 5. The van der Waals surface area contributed by atoms with Gasteiger partial charge in [-0.3, -0.25) is 19.7 Å². The minimum Gasteiger partial charge on any atom is -0.322 e. The Morgan fingerprint density at radius 3 is 2.80 bits per heavy atom. The Balaban J connectivity index is 1.32. The van der Waals surface area contributed by atoms with Crippen LogP contribution in [-0.2, 0) is 22.7 Å². The minimum absolute atomic E-state index is 0.202. The second-order valence-corrected chi connectivity index (χ2v) is 8.28. The van der Waals surface area contributed by atoms with Gasteiger partial charge in [-0.15, -0.1) is 0 Å². The normalized spacial score (nSPS) is 25.9. The molecule has 3 heterocycles. The van der Waals surface area contributed by atoms with Crippen LogP contribution in [0.2, 0.25) is 0 Å². The van der Waals surface area contributed by atoms with Crippen LogP contribution in [0.15, 0.2) is 18.2 Å². The Hall–Kier alpha value is -2.39. The number of carbonyl (C=O) groups excluding carboxylic acids is 3. The topological polar surface area (TPSA) is 90.5 Å². The van der Waals surface area contributed by atoms with Crippen molar-refractivity contribution >= 4 is 17.7 Å². The lowest BCUT2D eigenvalue weighted by molar-refractivity contribution is -0.136. The van der Waals surface area contributed by atoms with E-state index in [2.05, 4.69) is 16.0 Å². The van der Waals surface area contributed by atoms with Crippen molar-refractivity contribution in [2.45, 2.75) is 50.7 Å². The third-order valence-corrected chi connectivity index (χ3v) is 6.21. The van der Waals surface area contributed by atoms with E-state index in [0.29, 0.717) is 51.0 Å². The van der Waals surface area contributed by atoms with Gasteiger partial charge in [0.1, 0.15) is 6.04 Å². The van der Waals surface area contributed by atoms with Gasteiger partial charge in [0.25, 0.3) is 11.8 Å². The van der Waals surface area contributed by atoms with Gasteiger partial charge in [-0.2, -0.15) is 0 Å². The summed E-state index contributed by atoms with van der Waals surface area (Å²) in [7, 11) is 0. The lowest BCUT2D eigenvalue weighted by atomic mass is 9.91. The van der Waals surface area contributed by atoms with E-state index in [4.69, 9.17) is 0 Å². The second-order valence-electron chi connectivity index (χ2n) is 8.28. The zero-order valence-corrected chi connectivity index (χ0v) is 16.7. The van der Waals surface area contributed by atoms with Gasteiger partial charge in [0.15, 0.2) is 0 Å². The van der Waals surface area contributed by atoms with Crippen LogP contribution >= 0.6 is 0 Å². The number of amides is 3. The Morgan fingerprint density at radius 2 is 2.03 bits per heavy atom. The third kappa shape index (κ3) is 4.22. The molecular formula is C21H26F2N4O3. The van der Waals surface area contributed by atoms with Crippen molar-refractivity contribution in [1.29, 1.82) is 0 Å². The van der Waals surface area contributed by atoms with Crippen LogP contribution < -0.4 is 16.0 Å². The molecule has 3 amide bonds. The summed E-state index contributed by atoms with van der Waals surface area (Å²) in [6.07, 6.45) is 1.45. The fourth-order valence-corrected chi connectivity index (χ4v) is 4.49. The molecule has 2 fully saturated rings. The molecule has 7 nitrogen and oxygen atoms in total. The molecule has 0 bridgehead atoms. The van der Waals surface area contributed by atoms with Gasteiger partial charge in [-0.25, -0.2) is 8.78 Å². The number of alkyl halides is 2. The Labute approximate surface area is 173 Å². The van der Waals surface area contributed by atoms with Crippen LogP contribution in [0.5, 0.6) is 0 Å². The fraction of sp³-hybridized carbons (Fsp3) is 0.571. The largest absolute Gasteiger partial charge is 0.322 e. The first-order chi connectivity index (χ1) is 14.3. The molecule has 3 aliphatic rings. The van der Waals surface area contributed by atoms with Crippen molar-refractivity contribution in [2.75, 3.05) is 19.6 Å². The second kappa shape index (κ2) is 8.39. The van der Waals surface area contributed by atoms with Gasteiger partial charge in [-0.05, 0) is 49.5 Å². The van der Waals surface area contributed by atoms with Crippen molar-refractivity contribution in [3.05, 3.63) is 34.9 Å². The maximum Gasteiger partial charge on any atom is 0.263 e. The van der Waals surface area contributed by atoms with Crippen molar-refractivity contribution in [3.63, 3.8) is 0 Å². The molecule has 0 radical (unpaired) electrons. The van der Waals surface area contributed by atoms with Gasteiger partial charge in [0, 0.05) is 31.0 Å². The first-order valence-corrected chi connectivity index (χ1v) is 10.4. The van der Waals surface area contributed by atoms with Crippen LogP contribution in [0, 0.1) is 5.92 Å². The molecule has 0 saturated carbocycles. The number of carbonyl (C=O) groups is 3. The number of rotatable bonds is 6. The third-order valence-electron chi connectivity index (χ3n) is 6.21. The van der Waals surface area contributed by atoms with Crippen molar-refractivity contribution in [1.82, 2.24) is 20.9 Å². The molecule has 2 unspecified atom stereocenters. The summed E-state index contributed by atoms with van der Waals surface area (Å²) in [6.45, 7) is 1.73. The van der Waals surface area contributed by atoms with Gasteiger partial charge >= 0.3 is 0 Å². The van der Waals surface area contributed by atoms with Gasteiger partial charge in [-0.1, -0.05) is 12.1 Å². The molecule has 0 spiro atoms. The van der Waals surface area contributed by atoms with Gasteiger partial charge < -0.3 is 15.5 Å². The van der Waals surface area contributed by atoms with Crippen molar-refractivity contribution < 1.29 is 23.2 Å². The minimum atomic E-state index is -2.66. The van der Waals surface area contributed by atoms with E-state index in [1.807, 2.05) is 12.1 Å². The molecular weight excluding hydrogens is 394 g/mol. The number of hydrogen-bond donors (Lipinski definition) is 3. The molecule has 30 heavy (non-hydrogen) atoms. The predicted molar refractivity (Wildman–Crippen MR) is 105 cm³/mol. The summed E-state index contributed by atoms with van der Waals surface area (Å²) in [5.41, 5.74) is 2.37. The maximum atomic E-state index is 13.9. The van der Waals surface area contributed by atoms with Gasteiger partial charge in [0.05, 0.1) is 6.54 Å². The van der Waals surface area contributed by atoms with E-state index in [9.17, 15) is 23.2 Å². The lowest BCUT2D eigenvalue weighted by Gasteiger charge is -2.31. The van der Waals surface area contributed by atoms with Crippen LogP contribution in [0.4, 0.5) is 8.78 Å². The molecule has 3 N–H and O–H groups in total. The Bertz CT molecular complexity index is 861. The number of nitrogens with zero attached hydrogens (tertiary/aromatic N) is 1. The Kier molecular flexibility index (Phi) is 5.84. The smallest absolute Gasteiger partial charge is 0.263 e. The number of halogens is 2. The molecule has 4 rings (SSSR count). The summed E-state index contributed by atoms with van der Waals surface area (Å²) in [6, 6.07) is 4.89. The van der Waals surface area contributed by atoms with Crippen LogP contribution in [0.3, 0.4) is 0 Å². The number of imide groups is 1. The molecule has 1 aromatic rings. The highest BCUT2D eigenvalue weighted by Crippen LogP contribution is 2.32. The van der Waals surface area contributed by atoms with E-state index < -0.39 is 23.8 Å². The number of benzene rings is 1. The molecule has 0 aromatic heterocycles. The summed E-state index contributed by atoms with van der Waals surface area (Å²) in [4.78, 5) is 37.7. The summed E-state index contributed by atoms with van der Waals surface area (Å²) in [5.74, 6) is -4.20. The van der Waals surface area contributed by atoms with Crippen LogP contribution in [0.1, 0.15) is 47.2 Å². The molecule has 2 saturated heterocycles. The molecule has 1 aromatic carbocycles. The predicted octanol–water partition coefficient (Wildman–Crippen LogP) is 1.17. The number of fused-ring (bicyclic) bond motifs is 1. The van der Waals surface area contributed by atoms with Crippen molar-refractivity contribution in [2.24, 2.45) is 5.92 Å². The summed E-state index contributed by atoms with van der Waals surface area (Å²) >= 11 is 0. The maximum absolute atomic E-state index is 13.9. The van der Waals surface area contributed by atoms with Crippen molar-refractivity contribution in [3.8, 4) is 0 Å². The molecule has 162 valence electrons. The Morgan fingerprint density at radius 1 is 1.20 bits per heavy atom. The van der Waals surface area contributed by atoms with E-state index in [-0.39, 0.29) is 24.8 Å². The van der Waals surface area contributed by atoms with Crippen LogP contribution in [-0.4, -0.2) is 54.2 Å². The zero-order chi connectivity index (χ0) is 21.3. The van der Waals surface area contributed by atoms with E-state index in [0.717, 1.165) is 11.1 Å². The molecule has 2 atom stereocenters. The van der Waals surface area contributed by atoms with Gasteiger partial charge in [0.2, 0.25) is 11.8 Å². The lowest BCUT2D eigenvalue weighted by Crippen LogP contribution is -2.52. The SMILES string of the molecule is O=C1CCC(N2Cc3cc(CNCCC4CCNCC4(F)F)ccc3C2=O)C(=O)N1. The van der Waals surface area contributed by atoms with E-state index >= 15 is 0 Å². The molecule has 3 aliphatic heterocycles. The zero-order valence-electron chi connectivity index (χ0n) is 16.7. The average molecular weight is 420 g/mol. The standard InChI is InChI=1S/C21H26F2N4O3/c22-21(23)12-25-8-6-15(21)5-7-24-10-13-1-2-16-14(9-13)11-27(20(16)30)17-3-4-18(28)26-19(17)29/h1-2,9,15,17,24-25H,3-8,10-12H2,(H,26,28,29). The first-order valence-electron chi connectivity index (χ1n) is 10.4. The van der Waals surface area contributed by atoms with E-state index in [1.165, 1.54) is 4.90 Å². The summed E-state index contributed by atoms with van der Waals surface area (Å²) in [5, 5.41) is 8.25. The highest BCUT2D eigenvalue weighted by atomic mass is 19.3. The molecule has 0 aliphatic carbocycles. The number of piperidine rings is 2. The first kappa shape index (κ1) is 20.9.